The molecule has 2 atom stereocenters. The lowest BCUT2D eigenvalue weighted by Crippen LogP contribution is -2.35. The molecule has 1 saturated heterocycles. The Morgan fingerprint density at radius 2 is 1.68 bits per heavy atom. The number of aryl methyl sites for hydroxylation is 2. The van der Waals surface area contributed by atoms with Gasteiger partial charge in [0, 0.05) is 12.1 Å². The van der Waals surface area contributed by atoms with Crippen molar-refractivity contribution >= 4 is 17.4 Å². The lowest BCUT2D eigenvalue weighted by Gasteiger charge is -2.26. The topological polar surface area (TPSA) is 77.8 Å². The van der Waals surface area contributed by atoms with Gasteiger partial charge in [0.2, 0.25) is 0 Å². The van der Waals surface area contributed by atoms with Gasteiger partial charge in [-0.1, -0.05) is 61.0 Å². The molecule has 0 bridgehead atoms. The zero-order valence-electron chi connectivity index (χ0n) is 16.3. The molecule has 3 rings (SSSR count). The van der Waals surface area contributed by atoms with E-state index < -0.39 is 23.8 Å². The molecule has 2 aromatic carbocycles. The second-order valence-electron chi connectivity index (χ2n) is 7.26. The third-order valence-corrected chi connectivity index (χ3v) is 5.03. The van der Waals surface area contributed by atoms with Crippen LogP contribution in [0.2, 0.25) is 0 Å². The van der Waals surface area contributed by atoms with E-state index in [2.05, 4.69) is 0 Å². The van der Waals surface area contributed by atoms with Gasteiger partial charge in [-0.05, 0) is 31.4 Å². The molecule has 28 heavy (non-hydrogen) atoms. The molecule has 2 N–H and O–H groups in total. The summed E-state index contributed by atoms with van der Waals surface area (Å²) in [5.41, 5.74) is 3.42. The molecule has 0 saturated carbocycles. The number of carbonyl (C=O) groups excluding carboxylic acids is 2. The van der Waals surface area contributed by atoms with Crippen LogP contribution in [0.4, 0.5) is 0 Å². The Bertz CT molecular complexity index is 911. The minimum absolute atomic E-state index is 0.00937. The van der Waals surface area contributed by atoms with Crippen LogP contribution in [-0.4, -0.2) is 39.5 Å². The number of amides is 1. The molecule has 1 heterocycles. The van der Waals surface area contributed by atoms with Crippen LogP contribution in [0.1, 0.15) is 42.1 Å². The summed E-state index contributed by atoms with van der Waals surface area (Å²) in [4.78, 5) is 26.8. The van der Waals surface area contributed by atoms with Crippen LogP contribution in [0, 0.1) is 6.92 Å². The minimum Gasteiger partial charge on any atom is -0.507 e. The van der Waals surface area contributed by atoms with Crippen LogP contribution < -0.4 is 0 Å². The molecule has 0 aliphatic carbocycles. The standard InChI is InChI=1S/C23H25NO4/c1-4-16-7-11-17(12-8-16)20-19(21(26)18-9-5-14(2)6-10-18)22(27)23(28)24(20)13-15(3)25/h5-12,15,20,25-26H,4,13H2,1-3H3/t15-,20+/m1/s1. The van der Waals surface area contributed by atoms with Crippen molar-refractivity contribution in [1.82, 2.24) is 4.90 Å². The number of likely N-dealkylation sites (tertiary alicyclic amines) is 1. The van der Waals surface area contributed by atoms with Crippen LogP contribution in [0.5, 0.6) is 0 Å². The maximum atomic E-state index is 12.8. The Kier molecular flexibility index (Phi) is 5.66. The number of hydrogen-bond donors (Lipinski definition) is 2. The van der Waals surface area contributed by atoms with E-state index in [1.807, 2.05) is 50.2 Å². The highest BCUT2D eigenvalue weighted by Crippen LogP contribution is 2.39. The van der Waals surface area contributed by atoms with E-state index in [4.69, 9.17) is 0 Å². The first-order valence-corrected chi connectivity index (χ1v) is 9.45. The van der Waals surface area contributed by atoms with Crippen LogP contribution in [-0.2, 0) is 16.0 Å². The van der Waals surface area contributed by atoms with Gasteiger partial charge in [-0.3, -0.25) is 9.59 Å². The highest BCUT2D eigenvalue weighted by molar-refractivity contribution is 6.46. The molecule has 1 aliphatic rings. The summed E-state index contributed by atoms with van der Waals surface area (Å²) >= 11 is 0. The van der Waals surface area contributed by atoms with E-state index in [-0.39, 0.29) is 17.9 Å². The molecule has 0 aromatic heterocycles. The summed E-state index contributed by atoms with van der Waals surface area (Å²) in [6.07, 6.45) is 0.0763. The molecule has 0 radical (unpaired) electrons. The van der Waals surface area contributed by atoms with E-state index in [1.165, 1.54) is 4.90 Å². The molecular weight excluding hydrogens is 354 g/mol. The van der Waals surface area contributed by atoms with E-state index in [9.17, 15) is 19.8 Å². The molecule has 1 fully saturated rings. The average Bonchev–Trinajstić information content (AvgIpc) is 2.92. The fourth-order valence-electron chi connectivity index (χ4n) is 3.50. The number of hydrogen-bond acceptors (Lipinski definition) is 4. The summed E-state index contributed by atoms with van der Waals surface area (Å²) in [6, 6.07) is 14.0. The number of carbonyl (C=O) groups is 2. The average molecular weight is 379 g/mol. The Morgan fingerprint density at radius 1 is 1.07 bits per heavy atom. The van der Waals surface area contributed by atoms with Crippen LogP contribution in [0.15, 0.2) is 54.1 Å². The van der Waals surface area contributed by atoms with Gasteiger partial charge in [-0.2, -0.15) is 0 Å². The number of aliphatic hydroxyl groups excluding tert-OH is 2. The second-order valence-corrected chi connectivity index (χ2v) is 7.26. The zero-order valence-corrected chi connectivity index (χ0v) is 16.3. The molecule has 1 aliphatic heterocycles. The van der Waals surface area contributed by atoms with Crippen molar-refractivity contribution in [1.29, 1.82) is 0 Å². The third-order valence-electron chi connectivity index (χ3n) is 5.03. The molecule has 5 nitrogen and oxygen atoms in total. The van der Waals surface area contributed by atoms with Gasteiger partial charge < -0.3 is 15.1 Å². The van der Waals surface area contributed by atoms with Crippen molar-refractivity contribution in [2.75, 3.05) is 6.54 Å². The Hall–Kier alpha value is -2.92. The van der Waals surface area contributed by atoms with Crippen LogP contribution in [0.3, 0.4) is 0 Å². The summed E-state index contributed by atoms with van der Waals surface area (Å²) in [5, 5.41) is 20.8. The first kappa shape index (κ1) is 19.8. The van der Waals surface area contributed by atoms with E-state index >= 15 is 0 Å². The lowest BCUT2D eigenvalue weighted by atomic mass is 9.94. The maximum absolute atomic E-state index is 12.8. The number of aliphatic hydroxyl groups is 2. The van der Waals surface area contributed by atoms with Gasteiger partial charge in [0.15, 0.2) is 0 Å². The minimum atomic E-state index is -0.796. The number of β-amino-alcohol motifs (C(OH)–C–C–N with tert-alkyl or cyclic N) is 1. The fourth-order valence-corrected chi connectivity index (χ4v) is 3.50. The van der Waals surface area contributed by atoms with Crippen molar-refractivity contribution in [3.05, 3.63) is 76.4 Å². The fraction of sp³-hybridized carbons (Fsp3) is 0.304. The van der Waals surface area contributed by atoms with Crippen molar-refractivity contribution in [2.45, 2.75) is 39.3 Å². The summed E-state index contributed by atoms with van der Waals surface area (Å²) < 4.78 is 0. The van der Waals surface area contributed by atoms with Gasteiger partial charge >= 0.3 is 0 Å². The number of ketones is 1. The normalized spacial score (nSPS) is 19.9. The molecular formula is C23H25NO4. The van der Waals surface area contributed by atoms with E-state index in [1.54, 1.807) is 19.1 Å². The molecule has 146 valence electrons. The summed E-state index contributed by atoms with van der Waals surface area (Å²) in [7, 11) is 0. The highest BCUT2D eigenvalue weighted by Gasteiger charge is 2.46. The van der Waals surface area contributed by atoms with E-state index in [0.29, 0.717) is 5.56 Å². The van der Waals surface area contributed by atoms with E-state index in [0.717, 1.165) is 23.1 Å². The number of rotatable bonds is 5. The molecule has 1 amide bonds. The van der Waals surface area contributed by atoms with Crippen molar-refractivity contribution < 1.29 is 19.8 Å². The molecule has 2 aromatic rings. The summed E-state index contributed by atoms with van der Waals surface area (Å²) in [6.45, 7) is 5.55. The number of benzene rings is 2. The zero-order chi connectivity index (χ0) is 20.4. The maximum Gasteiger partial charge on any atom is 0.295 e. The quantitative estimate of drug-likeness (QED) is 0.474. The van der Waals surface area contributed by atoms with Gasteiger partial charge in [0.05, 0.1) is 17.7 Å². The lowest BCUT2D eigenvalue weighted by molar-refractivity contribution is -0.140. The van der Waals surface area contributed by atoms with Gasteiger partial charge in [0.25, 0.3) is 11.7 Å². The SMILES string of the molecule is CCc1ccc([C@H]2C(=C(O)c3ccc(C)cc3)C(=O)C(=O)N2C[C@@H](C)O)cc1. The Balaban J connectivity index is 2.16. The summed E-state index contributed by atoms with van der Waals surface area (Å²) in [5.74, 6) is -1.64. The van der Waals surface area contributed by atoms with Crippen LogP contribution >= 0.6 is 0 Å². The van der Waals surface area contributed by atoms with Crippen LogP contribution in [0.25, 0.3) is 5.76 Å². The number of nitrogens with zero attached hydrogens (tertiary/aromatic N) is 1. The molecule has 5 heteroatoms. The molecule has 0 spiro atoms. The predicted octanol–water partition coefficient (Wildman–Crippen LogP) is 3.36. The Morgan fingerprint density at radius 3 is 2.21 bits per heavy atom. The first-order chi connectivity index (χ1) is 13.3. The first-order valence-electron chi connectivity index (χ1n) is 9.45. The monoisotopic (exact) mass is 379 g/mol. The smallest absolute Gasteiger partial charge is 0.295 e. The van der Waals surface area contributed by atoms with Gasteiger partial charge in [-0.25, -0.2) is 0 Å². The predicted molar refractivity (Wildman–Crippen MR) is 108 cm³/mol. The van der Waals surface area contributed by atoms with Gasteiger partial charge in [0.1, 0.15) is 5.76 Å². The van der Waals surface area contributed by atoms with Crippen molar-refractivity contribution in [3.8, 4) is 0 Å². The van der Waals surface area contributed by atoms with Crippen molar-refractivity contribution in [2.24, 2.45) is 0 Å². The Labute approximate surface area is 164 Å². The third kappa shape index (κ3) is 3.71. The highest BCUT2D eigenvalue weighted by atomic mass is 16.3. The van der Waals surface area contributed by atoms with Gasteiger partial charge in [-0.15, -0.1) is 0 Å². The largest absolute Gasteiger partial charge is 0.507 e. The molecule has 0 unspecified atom stereocenters. The number of Topliss-reactive ketones (excluding diaryl/α,β-unsaturated/α-hetero) is 1. The second kappa shape index (κ2) is 7.98. The van der Waals surface area contributed by atoms with Crippen molar-refractivity contribution in [3.63, 3.8) is 0 Å².